The topological polar surface area (TPSA) is 67.4 Å². The van der Waals surface area contributed by atoms with Crippen LogP contribution in [0.25, 0.3) is 0 Å². The lowest BCUT2D eigenvalue weighted by atomic mass is 10.3. The average Bonchev–Trinajstić information content (AvgIpc) is 2.32. The summed E-state index contributed by atoms with van der Waals surface area (Å²) in [5.41, 5.74) is 0. The molecule has 0 aliphatic heterocycles. The molecule has 1 aromatic rings. The highest BCUT2D eigenvalue weighted by Crippen LogP contribution is 2.26. The molecule has 0 saturated carbocycles. The normalized spacial score (nSPS) is 11.6. The Morgan fingerprint density at radius 2 is 2.11 bits per heavy atom. The van der Waals surface area contributed by atoms with Gasteiger partial charge in [0, 0.05) is 7.05 Å². The highest BCUT2D eigenvalue weighted by atomic mass is 79.9. The summed E-state index contributed by atoms with van der Waals surface area (Å²) in [7, 11) is 1.39. The van der Waals surface area contributed by atoms with Crippen LogP contribution in [0, 0.1) is 5.82 Å². The standard InChI is InChI=1S/C11H12BrFN2O3/c1-6(10(16)15-11(17)14-2)18-9-4-3-7(13)5-8(9)12/h3-6H,1-2H3,(H2,14,15,16,17)/t6-/m1/s1. The average molecular weight is 319 g/mol. The van der Waals surface area contributed by atoms with Crippen LogP contribution in [0.5, 0.6) is 5.75 Å². The number of benzene rings is 1. The molecule has 3 amide bonds. The molecule has 18 heavy (non-hydrogen) atoms. The fourth-order valence-corrected chi connectivity index (χ4v) is 1.54. The maximum Gasteiger partial charge on any atom is 0.321 e. The molecule has 1 atom stereocenters. The van der Waals surface area contributed by atoms with Crippen molar-refractivity contribution in [1.82, 2.24) is 10.6 Å². The van der Waals surface area contributed by atoms with Crippen LogP contribution in [-0.4, -0.2) is 25.1 Å². The number of hydrogen-bond acceptors (Lipinski definition) is 3. The van der Waals surface area contributed by atoms with Gasteiger partial charge in [-0.05, 0) is 41.1 Å². The molecule has 0 heterocycles. The van der Waals surface area contributed by atoms with Gasteiger partial charge in [-0.25, -0.2) is 9.18 Å². The van der Waals surface area contributed by atoms with E-state index in [1.54, 1.807) is 0 Å². The lowest BCUT2D eigenvalue weighted by Gasteiger charge is -2.15. The first-order valence-electron chi connectivity index (χ1n) is 5.08. The largest absolute Gasteiger partial charge is 0.480 e. The van der Waals surface area contributed by atoms with Crippen molar-refractivity contribution in [3.05, 3.63) is 28.5 Å². The molecule has 0 unspecified atom stereocenters. The Labute approximate surface area is 112 Å². The number of urea groups is 1. The molecule has 0 bridgehead atoms. The third kappa shape index (κ3) is 3.99. The molecular formula is C11H12BrFN2O3. The van der Waals surface area contributed by atoms with E-state index >= 15 is 0 Å². The minimum absolute atomic E-state index is 0.316. The van der Waals surface area contributed by atoms with Crippen molar-refractivity contribution < 1.29 is 18.7 Å². The Kier molecular flexibility index (Phi) is 5.08. The van der Waals surface area contributed by atoms with Gasteiger partial charge in [0.05, 0.1) is 4.47 Å². The van der Waals surface area contributed by atoms with E-state index in [4.69, 9.17) is 4.74 Å². The fraction of sp³-hybridized carbons (Fsp3) is 0.273. The zero-order chi connectivity index (χ0) is 13.7. The Morgan fingerprint density at radius 3 is 2.67 bits per heavy atom. The number of halogens is 2. The lowest BCUT2D eigenvalue weighted by molar-refractivity contribution is -0.126. The van der Waals surface area contributed by atoms with E-state index in [0.29, 0.717) is 10.2 Å². The van der Waals surface area contributed by atoms with Crippen LogP contribution in [0.2, 0.25) is 0 Å². The molecule has 0 aliphatic rings. The SMILES string of the molecule is CNC(=O)NC(=O)[C@@H](C)Oc1ccc(F)cc1Br. The fourth-order valence-electron chi connectivity index (χ4n) is 1.09. The monoisotopic (exact) mass is 318 g/mol. The van der Waals surface area contributed by atoms with Gasteiger partial charge in [0.25, 0.3) is 5.91 Å². The van der Waals surface area contributed by atoms with Crippen molar-refractivity contribution in [1.29, 1.82) is 0 Å². The molecule has 1 rings (SSSR count). The number of rotatable bonds is 3. The zero-order valence-corrected chi connectivity index (χ0v) is 11.4. The number of amides is 3. The van der Waals surface area contributed by atoms with Crippen LogP contribution in [0.4, 0.5) is 9.18 Å². The predicted molar refractivity (Wildman–Crippen MR) is 66.8 cm³/mol. The molecule has 0 saturated heterocycles. The first-order chi connectivity index (χ1) is 8.43. The van der Waals surface area contributed by atoms with Gasteiger partial charge in [-0.1, -0.05) is 0 Å². The quantitative estimate of drug-likeness (QED) is 0.893. The number of nitrogens with one attached hydrogen (secondary N) is 2. The predicted octanol–water partition coefficient (Wildman–Crippen LogP) is 1.81. The summed E-state index contributed by atoms with van der Waals surface area (Å²) in [5, 5.41) is 4.33. The number of ether oxygens (including phenoxy) is 1. The van der Waals surface area contributed by atoms with Crippen LogP contribution in [0.3, 0.4) is 0 Å². The second-order valence-electron chi connectivity index (χ2n) is 3.40. The number of imide groups is 1. The number of carbonyl (C=O) groups excluding carboxylic acids is 2. The molecular weight excluding hydrogens is 307 g/mol. The van der Waals surface area contributed by atoms with Gasteiger partial charge in [-0.3, -0.25) is 10.1 Å². The first-order valence-corrected chi connectivity index (χ1v) is 5.87. The molecule has 0 radical (unpaired) electrons. The highest BCUT2D eigenvalue weighted by molar-refractivity contribution is 9.10. The molecule has 0 spiro atoms. The van der Waals surface area contributed by atoms with Crippen LogP contribution in [0.15, 0.2) is 22.7 Å². The second kappa shape index (κ2) is 6.34. The Morgan fingerprint density at radius 1 is 1.44 bits per heavy atom. The van der Waals surface area contributed by atoms with Crippen LogP contribution in [0.1, 0.15) is 6.92 Å². The highest BCUT2D eigenvalue weighted by Gasteiger charge is 2.17. The smallest absolute Gasteiger partial charge is 0.321 e. The molecule has 0 aromatic heterocycles. The van der Waals surface area contributed by atoms with E-state index in [2.05, 4.69) is 26.6 Å². The summed E-state index contributed by atoms with van der Waals surface area (Å²) in [4.78, 5) is 22.4. The van der Waals surface area contributed by atoms with Crippen LogP contribution >= 0.6 is 15.9 Å². The van der Waals surface area contributed by atoms with Crippen molar-refractivity contribution in [2.75, 3.05) is 7.05 Å². The van der Waals surface area contributed by atoms with E-state index < -0.39 is 23.9 Å². The minimum atomic E-state index is -0.885. The van der Waals surface area contributed by atoms with E-state index in [1.807, 2.05) is 0 Å². The maximum atomic E-state index is 12.8. The Hall–Kier alpha value is -1.63. The first kappa shape index (κ1) is 14.4. The van der Waals surface area contributed by atoms with Gasteiger partial charge in [0.2, 0.25) is 0 Å². The summed E-state index contributed by atoms with van der Waals surface area (Å²) in [5.74, 6) is -0.696. The molecule has 1 aromatic carbocycles. The van der Waals surface area contributed by atoms with Crippen molar-refractivity contribution >= 4 is 27.9 Å². The number of carbonyl (C=O) groups is 2. The molecule has 98 valence electrons. The summed E-state index contributed by atoms with van der Waals surface area (Å²) >= 11 is 3.11. The molecule has 7 heteroatoms. The third-order valence-corrected chi connectivity index (χ3v) is 2.65. The van der Waals surface area contributed by atoms with Gasteiger partial charge >= 0.3 is 6.03 Å². The molecule has 0 fully saturated rings. The second-order valence-corrected chi connectivity index (χ2v) is 4.26. The van der Waals surface area contributed by atoms with Crippen molar-refractivity contribution in [3.8, 4) is 5.75 Å². The molecule has 5 nitrogen and oxygen atoms in total. The Balaban J connectivity index is 2.66. The van der Waals surface area contributed by atoms with E-state index in [-0.39, 0.29) is 0 Å². The van der Waals surface area contributed by atoms with Crippen molar-refractivity contribution in [2.45, 2.75) is 13.0 Å². The van der Waals surface area contributed by atoms with Crippen molar-refractivity contribution in [2.24, 2.45) is 0 Å². The van der Waals surface area contributed by atoms with E-state index in [0.717, 1.165) is 0 Å². The third-order valence-electron chi connectivity index (χ3n) is 2.03. The lowest BCUT2D eigenvalue weighted by Crippen LogP contribution is -2.44. The summed E-state index contributed by atoms with van der Waals surface area (Å²) in [6.07, 6.45) is -0.885. The summed E-state index contributed by atoms with van der Waals surface area (Å²) < 4.78 is 18.5. The van der Waals surface area contributed by atoms with E-state index in [9.17, 15) is 14.0 Å². The van der Waals surface area contributed by atoms with Gasteiger partial charge in [0.15, 0.2) is 6.10 Å². The van der Waals surface area contributed by atoms with Gasteiger partial charge in [-0.2, -0.15) is 0 Å². The molecule has 0 aliphatic carbocycles. The van der Waals surface area contributed by atoms with Crippen LogP contribution < -0.4 is 15.4 Å². The van der Waals surface area contributed by atoms with Gasteiger partial charge in [0.1, 0.15) is 11.6 Å². The zero-order valence-electron chi connectivity index (χ0n) is 9.79. The Bertz CT molecular complexity index is 468. The van der Waals surface area contributed by atoms with E-state index in [1.165, 1.54) is 32.2 Å². The number of hydrogen-bond donors (Lipinski definition) is 2. The maximum absolute atomic E-state index is 12.8. The molecule has 2 N–H and O–H groups in total. The minimum Gasteiger partial charge on any atom is -0.480 e. The van der Waals surface area contributed by atoms with Crippen LogP contribution in [-0.2, 0) is 4.79 Å². The van der Waals surface area contributed by atoms with Gasteiger partial charge in [-0.15, -0.1) is 0 Å². The van der Waals surface area contributed by atoms with Crippen molar-refractivity contribution in [3.63, 3.8) is 0 Å². The summed E-state index contributed by atoms with van der Waals surface area (Å²) in [6.45, 7) is 1.48. The summed E-state index contributed by atoms with van der Waals surface area (Å²) in [6, 6.07) is 3.21. The van der Waals surface area contributed by atoms with Gasteiger partial charge < -0.3 is 10.1 Å².